The monoisotopic (exact) mass is 447 g/mol. The Morgan fingerprint density at radius 3 is 2.03 bits per heavy atom. The Bertz CT molecular complexity index is 1550. The number of hydrogen-bond acceptors (Lipinski definition) is 8. The van der Waals surface area contributed by atoms with Gasteiger partial charge in [-0.15, -0.1) is 0 Å². The molecule has 0 radical (unpaired) electrons. The van der Waals surface area contributed by atoms with Crippen LogP contribution in [0.1, 0.15) is 0 Å². The maximum atomic E-state index is 12.1. The van der Waals surface area contributed by atoms with Crippen LogP contribution >= 0.6 is 0 Å². The first-order chi connectivity index (χ1) is 15.0. The maximum Gasteiger partial charge on any atom is 0.332 e. The van der Waals surface area contributed by atoms with E-state index in [1.165, 1.54) is 29.6 Å². The number of hydrogen-bond donors (Lipinski definition) is 2. The molecular formula is C18H25N9O5. The van der Waals surface area contributed by atoms with Crippen LogP contribution in [0.5, 0.6) is 0 Å². The number of aryl methyl sites for hydroxylation is 3. The van der Waals surface area contributed by atoms with Crippen molar-refractivity contribution in [2.45, 2.75) is 0 Å². The lowest BCUT2D eigenvalue weighted by atomic mass is 10.5. The van der Waals surface area contributed by atoms with Gasteiger partial charge in [0.15, 0.2) is 16.8 Å². The number of H-pyrrole nitrogens is 1. The number of aromatic amines is 1. The van der Waals surface area contributed by atoms with Crippen molar-refractivity contribution in [2.75, 3.05) is 25.1 Å². The summed E-state index contributed by atoms with van der Waals surface area (Å²) in [5.41, 5.74) is -0.0682. The summed E-state index contributed by atoms with van der Waals surface area (Å²) in [6.45, 7) is 0.377. The molecule has 0 aliphatic rings. The Morgan fingerprint density at radius 2 is 1.44 bits per heavy atom. The van der Waals surface area contributed by atoms with E-state index in [9.17, 15) is 19.2 Å². The molecular weight excluding hydrogens is 422 g/mol. The van der Waals surface area contributed by atoms with E-state index in [-0.39, 0.29) is 23.4 Å². The first-order valence-electron chi connectivity index (χ1n) is 9.56. The summed E-state index contributed by atoms with van der Waals surface area (Å²) in [6, 6.07) is 0. The van der Waals surface area contributed by atoms with Crippen LogP contribution in [0.4, 0.5) is 5.95 Å². The highest BCUT2D eigenvalue weighted by Gasteiger charge is 2.18. The van der Waals surface area contributed by atoms with E-state index >= 15 is 0 Å². The quantitative estimate of drug-likeness (QED) is 0.345. The highest BCUT2D eigenvalue weighted by Crippen LogP contribution is 2.15. The van der Waals surface area contributed by atoms with E-state index in [0.717, 1.165) is 9.13 Å². The first kappa shape index (κ1) is 22.7. The molecule has 14 nitrogen and oxygen atoms in total. The van der Waals surface area contributed by atoms with Gasteiger partial charge in [0.2, 0.25) is 5.95 Å². The van der Waals surface area contributed by atoms with E-state index in [2.05, 4.69) is 15.0 Å². The maximum absolute atomic E-state index is 12.1. The molecule has 32 heavy (non-hydrogen) atoms. The zero-order chi connectivity index (χ0) is 23.9. The smallest absolute Gasteiger partial charge is 0.332 e. The van der Waals surface area contributed by atoms with Crippen LogP contribution in [-0.4, -0.2) is 63.1 Å². The number of aliphatic hydroxyl groups is 1. The third-order valence-corrected chi connectivity index (χ3v) is 5.26. The Balaban J connectivity index is 0.000000193. The molecule has 0 saturated heterocycles. The van der Waals surface area contributed by atoms with Crippen molar-refractivity contribution >= 4 is 28.3 Å². The van der Waals surface area contributed by atoms with E-state index in [4.69, 9.17) is 5.11 Å². The molecule has 0 unspecified atom stereocenters. The number of likely N-dealkylation sites (N-methyl/N-ethyl adjacent to an activating group) is 1. The normalized spacial score (nSPS) is 11.1. The number of nitrogens with zero attached hydrogens (tertiary/aromatic N) is 8. The molecule has 0 aromatic carbocycles. The molecule has 172 valence electrons. The Kier molecular flexibility index (Phi) is 5.90. The molecule has 0 aliphatic carbocycles. The van der Waals surface area contributed by atoms with Crippen molar-refractivity contribution in [3.05, 3.63) is 48.0 Å². The van der Waals surface area contributed by atoms with Gasteiger partial charge in [-0.05, 0) is 0 Å². The molecule has 0 amide bonds. The van der Waals surface area contributed by atoms with Crippen LogP contribution in [0.3, 0.4) is 0 Å². The fourth-order valence-corrected chi connectivity index (χ4v) is 3.37. The largest absolute Gasteiger partial charge is 0.395 e. The van der Waals surface area contributed by atoms with Gasteiger partial charge in [0.05, 0.1) is 12.9 Å². The number of aliphatic hydroxyl groups excluding tert-OH is 1. The molecule has 4 aromatic rings. The van der Waals surface area contributed by atoms with Crippen LogP contribution < -0.4 is 27.4 Å². The average Bonchev–Trinajstić information content (AvgIpc) is 3.39. The number of nitrogens with one attached hydrogen (secondary N) is 1. The lowest BCUT2D eigenvalue weighted by Crippen LogP contribution is -2.37. The summed E-state index contributed by atoms with van der Waals surface area (Å²) < 4.78 is 6.40. The van der Waals surface area contributed by atoms with Crippen LogP contribution in [0.15, 0.2) is 25.5 Å². The molecule has 0 aliphatic heterocycles. The van der Waals surface area contributed by atoms with E-state index in [0.29, 0.717) is 34.8 Å². The van der Waals surface area contributed by atoms with E-state index in [1.807, 2.05) is 0 Å². The number of rotatable bonds is 3. The molecule has 0 atom stereocenters. The third-order valence-electron chi connectivity index (χ3n) is 5.26. The van der Waals surface area contributed by atoms with Crippen molar-refractivity contribution in [2.24, 2.45) is 35.2 Å². The lowest BCUT2D eigenvalue weighted by molar-refractivity contribution is 0.303. The Morgan fingerprint density at radius 1 is 0.875 bits per heavy atom. The summed E-state index contributed by atoms with van der Waals surface area (Å²) in [6.07, 6.45) is 1.39. The van der Waals surface area contributed by atoms with Crippen molar-refractivity contribution in [1.29, 1.82) is 0 Å². The predicted molar refractivity (Wildman–Crippen MR) is 118 cm³/mol. The summed E-state index contributed by atoms with van der Waals surface area (Å²) in [7, 11) is 9.50. The molecule has 0 saturated carbocycles. The standard InChI is InChI=1S/C11H17N5O3.C7H8N4O2/c1-13(5-6-17)10-12-8-7(14(10)2)9(18)16(4)11(19)15(8)3;1-10-5-4(8-3-9-5)6(12)11(2)7(10)13/h17H,5-6H2,1-4H3;3H,1-2H3,(H,8,9). The topological polar surface area (TPSA) is 158 Å². The number of anilines is 1. The van der Waals surface area contributed by atoms with Crippen molar-refractivity contribution in [3.63, 3.8) is 0 Å². The molecule has 4 heterocycles. The van der Waals surface area contributed by atoms with Crippen LogP contribution in [0.2, 0.25) is 0 Å². The van der Waals surface area contributed by atoms with Gasteiger partial charge in [-0.3, -0.25) is 27.9 Å². The Hall–Kier alpha value is -3.94. The zero-order valence-electron chi connectivity index (χ0n) is 18.6. The predicted octanol–water partition coefficient (Wildman–Crippen LogP) is -2.64. The van der Waals surface area contributed by atoms with Gasteiger partial charge in [0, 0.05) is 48.8 Å². The number of imidazole rings is 2. The van der Waals surface area contributed by atoms with Crippen LogP contribution in [0, 0.1) is 0 Å². The second-order valence-electron chi connectivity index (χ2n) is 7.30. The molecule has 0 spiro atoms. The first-order valence-corrected chi connectivity index (χ1v) is 9.56. The zero-order valence-corrected chi connectivity index (χ0v) is 18.6. The van der Waals surface area contributed by atoms with Crippen molar-refractivity contribution < 1.29 is 5.11 Å². The summed E-state index contributed by atoms with van der Waals surface area (Å²) in [4.78, 5) is 59.4. The van der Waals surface area contributed by atoms with Crippen molar-refractivity contribution in [3.8, 4) is 0 Å². The minimum Gasteiger partial charge on any atom is -0.395 e. The molecule has 2 N–H and O–H groups in total. The van der Waals surface area contributed by atoms with Gasteiger partial charge in [0.25, 0.3) is 11.1 Å². The van der Waals surface area contributed by atoms with Crippen molar-refractivity contribution in [1.82, 2.24) is 37.8 Å². The number of aromatic nitrogens is 8. The fourth-order valence-electron chi connectivity index (χ4n) is 3.37. The minimum atomic E-state index is -0.410. The highest BCUT2D eigenvalue weighted by molar-refractivity contribution is 5.74. The molecule has 4 rings (SSSR count). The number of fused-ring (bicyclic) bond motifs is 2. The fraction of sp³-hybridized carbons (Fsp3) is 0.444. The van der Waals surface area contributed by atoms with Gasteiger partial charge in [0.1, 0.15) is 5.52 Å². The minimum absolute atomic E-state index is 0.0172. The van der Waals surface area contributed by atoms with Gasteiger partial charge in [-0.25, -0.2) is 14.6 Å². The highest BCUT2D eigenvalue weighted by atomic mass is 16.3. The molecule has 4 aromatic heterocycles. The summed E-state index contributed by atoms with van der Waals surface area (Å²) in [5.74, 6) is 0.530. The van der Waals surface area contributed by atoms with Crippen LogP contribution in [-0.2, 0) is 35.2 Å². The second kappa shape index (κ2) is 8.30. The summed E-state index contributed by atoms with van der Waals surface area (Å²) >= 11 is 0. The molecule has 0 bridgehead atoms. The lowest BCUT2D eigenvalue weighted by Gasteiger charge is -2.16. The van der Waals surface area contributed by atoms with Gasteiger partial charge < -0.3 is 19.6 Å². The van der Waals surface area contributed by atoms with E-state index < -0.39 is 5.69 Å². The van der Waals surface area contributed by atoms with Gasteiger partial charge >= 0.3 is 11.4 Å². The van der Waals surface area contributed by atoms with Gasteiger partial charge in [-0.2, -0.15) is 4.98 Å². The van der Waals surface area contributed by atoms with Gasteiger partial charge in [-0.1, -0.05) is 0 Å². The molecule has 14 heteroatoms. The average molecular weight is 447 g/mol. The summed E-state index contributed by atoms with van der Waals surface area (Å²) in [5, 5.41) is 8.96. The molecule has 0 fully saturated rings. The third kappa shape index (κ3) is 3.43. The van der Waals surface area contributed by atoms with E-state index in [1.54, 1.807) is 37.7 Å². The Labute approximate surface area is 180 Å². The van der Waals surface area contributed by atoms with Crippen LogP contribution in [0.25, 0.3) is 22.3 Å². The second-order valence-corrected chi connectivity index (χ2v) is 7.30. The SMILES string of the molecule is CN(CCO)c1nc2c(c(=O)n(C)c(=O)n2C)n1C.Cn1c(=O)c2[nH]cnc2n(C)c1=O.